The van der Waals surface area contributed by atoms with Crippen molar-refractivity contribution in [2.45, 2.75) is 17.5 Å². The molecule has 12 heteroatoms. The zero-order chi connectivity index (χ0) is 30.3. The zero-order valence-electron chi connectivity index (χ0n) is 23.0. The molecule has 1 aromatic heterocycles. The van der Waals surface area contributed by atoms with Crippen LogP contribution in [0.4, 0.5) is 5.82 Å². The summed E-state index contributed by atoms with van der Waals surface area (Å²) in [5, 5.41) is 8.32. The number of ether oxygens (including phenoxy) is 1. The van der Waals surface area contributed by atoms with Gasteiger partial charge in [0.05, 0.1) is 0 Å². The Bertz CT molecular complexity index is 1570. The van der Waals surface area contributed by atoms with Crippen molar-refractivity contribution in [3.05, 3.63) is 120 Å². The van der Waals surface area contributed by atoms with Crippen LogP contribution >= 0.6 is 11.8 Å². The molecule has 0 radical (unpaired) electrons. The lowest BCUT2D eigenvalue weighted by molar-refractivity contribution is -0.154. The number of pyridine rings is 1. The number of hydrogen-bond donors (Lipinski definition) is 2. The fraction of sp³-hybridized carbons (Fsp3) is 0.161. The normalized spacial score (nSPS) is 17.9. The summed E-state index contributed by atoms with van der Waals surface area (Å²) in [5.41, 5.74) is 2.11. The van der Waals surface area contributed by atoms with Gasteiger partial charge in [0.25, 0.3) is 11.8 Å². The molecule has 0 spiro atoms. The van der Waals surface area contributed by atoms with E-state index in [1.54, 1.807) is 6.07 Å². The Labute approximate surface area is 251 Å². The number of carbonyl (C=O) groups excluding carboxylic acids is 4. The molecule has 3 amide bonds. The minimum Gasteiger partial charge on any atom is -0.448 e. The quantitative estimate of drug-likeness (QED) is 0.113. The Morgan fingerprint density at radius 2 is 1.74 bits per heavy atom. The van der Waals surface area contributed by atoms with E-state index in [4.69, 9.17) is 9.57 Å². The third-order valence-corrected chi connectivity index (χ3v) is 8.05. The Balaban J connectivity index is 1.37. The number of nitrogens with zero attached hydrogens (tertiary/aromatic N) is 3. The van der Waals surface area contributed by atoms with E-state index in [0.29, 0.717) is 17.7 Å². The van der Waals surface area contributed by atoms with Crippen molar-refractivity contribution in [2.24, 2.45) is 5.16 Å². The van der Waals surface area contributed by atoms with Crippen molar-refractivity contribution < 1.29 is 28.8 Å². The maximum Gasteiger partial charge on any atom is 0.356 e. The molecule has 1 unspecified atom stereocenters. The summed E-state index contributed by atoms with van der Waals surface area (Å²) in [7, 11) is 1.27. The molecule has 3 aromatic rings. The van der Waals surface area contributed by atoms with Crippen molar-refractivity contribution in [2.75, 3.05) is 18.2 Å². The van der Waals surface area contributed by atoms with Gasteiger partial charge in [0, 0.05) is 5.75 Å². The number of thioether (sulfide) groups is 1. The Hall–Kier alpha value is -5.23. The molecule has 3 heterocycles. The van der Waals surface area contributed by atoms with Crippen LogP contribution in [0.25, 0.3) is 0 Å². The number of esters is 1. The number of carbonyl (C=O) groups is 4. The number of hydrogen-bond acceptors (Lipinski definition) is 9. The van der Waals surface area contributed by atoms with E-state index in [2.05, 4.69) is 27.4 Å². The van der Waals surface area contributed by atoms with E-state index < -0.39 is 35.3 Å². The van der Waals surface area contributed by atoms with Crippen molar-refractivity contribution in [3.63, 3.8) is 0 Å². The van der Waals surface area contributed by atoms with Gasteiger partial charge in [-0.15, -0.1) is 11.8 Å². The van der Waals surface area contributed by atoms with E-state index in [1.807, 2.05) is 60.7 Å². The maximum absolute atomic E-state index is 13.8. The predicted octanol–water partition coefficient (Wildman–Crippen LogP) is 3.17. The third kappa shape index (κ3) is 6.04. The van der Waals surface area contributed by atoms with Gasteiger partial charge in [0.15, 0.2) is 11.8 Å². The average molecular weight is 598 g/mol. The molecule has 1 saturated heterocycles. The molecule has 2 aliphatic heterocycles. The van der Waals surface area contributed by atoms with Gasteiger partial charge in [0.1, 0.15) is 35.7 Å². The highest BCUT2D eigenvalue weighted by Gasteiger charge is 2.54. The molecular formula is C31H27N5O6S. The standard InChI is InChI=1S/C31H27N5O6S/c1-3-19-17-43-30-25(34-28(38)24(35-41-2)22-15-10-16-23(33-22)32-18-37)29(39)36(30)26(19)31(40)42-27(20-11-6-4-7-12-20)21-13-8-5-9-14-21/h3-16,18,25,27,30H,1,17H2,2H3,(H,34,38)(H,32,33,37)/b35-24-/t25?,30-/m1/s1. The van der Waals surface area contributed by atoms with Crippen LogP contribution in [0.2, 0.25) is 0 Å². The number of nitrogens with one attached hydrogen (secondary N) is 2. The van der Waals surface area contributed by atoms with E-state index >= 15 is 0 Å². The molecule has 1 fully saturated rings. The van der Waals surface area contributed by atoms with Gasteiger partial charge in [-0.05, 0) is 28.8 Å². The fourth-order valence-corrected chi connectivity index (χ4v) is 6.09. The Morgan fingerprint density at radius 1 is 1.07 bits per heavy atom. The summed E-state index contributed by atoms with van der Waals surface area (Å²) in [6, 6.07) is 22.3. The van der Waals surface area contributed by atoms with Crippen LogP contribution in [0.5, 0.6) is 0 Å². The summed E-state index contributed by atoms with van der Waals surface area (Å²) in [5.74, 6) is -1.31. The van der Waals surface area contributed by atoms with Gasteiger partial charge in [-0.2, -0.15) is 0 Å². The summed E-state index contributed by atoms with van der Waals surface area (Å²) in [6.45, 7) is 3.84. The lowest BCUT2D eigenvalue weighted by atomic mass is 10.0. The third-order valence-electron chi connectivity index (χ3n) is 6.75. The highest BCUT2D eigenvalue weighted by molar-refractivity contribution is 8.00. The van der Waals surface area contributed by atoms with E-state index in [0.717, 1.165) is 11.1 Å². The van der Waals surface area contributed by atoms with Crippen LogP contribution in [0.3, 0.4) is 0 Å². The van der Waals surface area contributed by atoms with E-state index in [1.165, 1.54) is 42.0 Å². The Kier molecular flexibility index (Phi) is 8.96. The van der Waals surface area contributed by atoms with Gasteiger partial charge in [-0.3, -0.25) is 19.3 Å². The van der Waals surface area contributed by atoms with E-state index in [-0.39, 0.29) is 22.9 Å². The summed E-state index contributed by atoms with van der Waals surface area (Å²) >= 11 is 1.38. The first-order valence-corrected chi connectivity index (χ1v) is 14.2. The maximum atomic E-state index is 13.8. The smallest absolute Gasteiger partial charge is 0.356 e. The first kappa shape index (κ1) is 29.3. The van der Waals surface area contributed by atoms with Crippen LogP contribution in [-0.2, 0) is 28.8 Å². The van der Waals surface area contributed by atoms with E-state index in [9.17, 15) is 19.2 Å². The highest BCUT2D eigenvalue weighted by Crippen LogP contribution is 2.42. The van der Waals surface area contributed by atoms with Gasteiger partial charge < -0.3 is 20.2 Å². The van der Waals surface area contributed by atoms with Crippen LogP contribution in [0.1, 0.15) is 22.9 Å². The first-order valence-electron chi connectivity index (χ1n) is 13.2. The highest BCUT2D eigenvalue weighted by atomic mass is 32.2. The largest absolute Gasteiger partial charge is 0.448 e. The second-order valence-electron chi connectivity index (χ2n) is 9.34. The molecular weight excluding hydrogens is 570 g/mol. The van der Waals surface area contributed by atoms with Crippen LogP contribution in [0.15, 0.2) is 108 Å². The Morgan fingerprint density at radius 3 is 2.35 bits per heavy atom. The van der Waals surface area contributed by atoms with Gasteiger partial charge in [0.2, 0.25) is 6.41 Å². The number of aromatic nitrogens is 1. The van der Waals surface area contributed by atoms with Gasteiger partial charge in [-0.25, -0.2) is 9.78 Å². The van der Waals surface area contributed by atoms with Gasteiger partial charge in [-0.1, -0.05) is 84.5 Å². The van der Waals surface area contributed by atoms with Crippen LogP contribution < -0.4 is 10.6 Å². The molecule has 5 rings (SSSR count). The topological polar surface area (TPSA) is 139 Å². The molecule has 0 aliphatic carbocycles. The number of oxime groups is 1. The molecule has 11 nitrogen and oxygen atoms in total. The fourth-order valence-electron chi connectivity index (χ4n) is 4.75. The lowest BCUT2D eigenvalue weighted by Crippen LogP contribution is -2.71. The number of amides is 3. The van der Waals surface area contributed by atoms with Gasteiger partial charge >= 0.3 is 5.97 Å². The number of rotatable bonds is 11. The minimum absolute atomic E-state index is 0.0891. The molecule has 0 saturated carbocycles. The summed E-state index contributed by atoms with van der Waals surface area (Å²) < 4.78 is 6.06. The molecule has 2 atom stereocenters. The molecule has 218 valence electrons. The summed E-state index contributed by atoms with van der Waals surface area (Å²) in [6.07, 6.45) is 1.28. The minimum atomic E-state index is -0.955. The van der Waals surface area contributed by atoms with Crippen molar-refractivity contribution in [1.82, 2.24) is 15.2 Å². The van der Waals surface area contributed by atoms with Crippen molar-refractivity contribution in [3.8, 4) is 0 Å². The lowest BCUT2D eigenvalue weighted by Gasteiger charge is -2.49. The van der Waals surface area contributed by atoms with Crippen molar-refractivity contribution in [1.29, 1.82) is 0 Å². The second kappa shape index (κ2) is 13.2. The first-order chi connectivity index (χ1) is 21.0. The van der Waals surface area contributed by atoms with Crippen molar-refractivity contribution >= 4 is 47.5 Å². The number of allylic oxidation sites excluding steroid dienone is 1. The van der Waals surface area contributed by atoms with Crippen LogP contribution in [-0.4, -0.2) is 64.1 Å². The zero-order valence-corrected chi connectivity index (χ0v) is 23.8. The number of β-lactam (4-membered cyclic amide) rings is 1. The molecule has 43 heavy (non-hydrogen) atoms. The number of benzene rings is 2. The molecule has 0 bridgehead atoms. The molecule has 2 aliphatic rings. The number of fused-ring (bicyclic) bond motifs is 1. The predicted molar refractivity (Wildman–Crippen MR) is 161 cm³/mol. The monoisotopic (exact) mass is 597 g/mol. The SMILES string of the molecule is C=CC1=C(C(=O)OC(c2ccccc2)c2ccccc2)N2C(=O)C(NC(=O)/C(=N\OC)c3cccc(NC=O)n3)[C@H]2SC1. The molecule has 2 N–H and O–H groups in total. The van der Waals surface area contributed by atoms with Crippen LogP contribution in [0, 0.1) is 0 Å². The summed E-state index contributed by atoms with van der Waals surface area (Å²) in [4.78, 5) is 61.7. The molecule has 2 aromatic carbocycles. The number of anilines is 1. The second-order valence-corrected chi connectivity index (χ2v) is 10.4. The average Bonchev–Trinajstić information content (AvgIpc) is 3.05.